The molecule has 3 aromatic heterocycles. The number of rotatable bonds is 6. The van der Waals surface area contributed by atoms with E-state index in [9.17, 15) is 9.18 Å². The van der Waals surface area contributed by atoms with E-state index < -0.39 is 0 Å². The molecule has 0 aliphatic rings. The largest absolute Gasteiger partial charge is 0.337 e. The van der Waals surface area contributed by atoms with Gasteiger partial charge in [0.15, 0.2) is 11.2 Å². The standard InChI is InChI=1S/C22H18FN7O2/c1-2-14-3-7-16(8-4-14)20-25-18(32-27-20)12-29-13-24-21-19(22(29)31)26-28-30(21)11-15-5-9-17(23)10-6-15/h3-10,13H,2,11-12H2,1H3. The Bertz CT molecular complexity index is 1440. The van der Waals surface area contributed by atoms with Gasteiger partial charge in [-0.1, -0.05) is 53.7 Å². The van der Waals surface area contributed by atoms with Crippen molar-refractivity contribution in [1.29, 1.82) is 0 Å². The fourth-order valence-electron chi connectivity index (χ4n) is 3.34. The van der Waals surface area contributed by atoms with Gasteiger partial charge < -0.3 is 4.52 Å². The van der Waals surface area contributed by atoms with Gasteiger partial charge in [0.05, 0.1) is 6.54 Å². The van der Waals surface area contributed by atoms with E-state index in [1.807, 2.05) is 24.3 Å². The SMILES string of the molecule is CCc1ccc(-c2noc(Cn3cnc4c(nnn4Cc4ccc(F)cc4)c3=O)n2)cc1. The third kappa shape index (κ3) is 3.78. The van der Waals surface area contributed by atoms with Crippen molar-refractivity contribution >= 4 is 11.2 Å². The zero-order valence-electron chi connectivity index (χ0n) is 17.1. The summed E-state index contributed by atoms with van der Waals surface area (Å²) in [7, 11) is 0. The Morgan fingerprint density at radius 1 is 1.00 bits per heavy atom. The number of hydrogen-bond donors (Lipinski definition) is 0. The summed E-state index contributed by atoms with van der Waals surface area (Å²) in [6.45, 7) is 2.47. The van der Waals surface area contributed by atoms with Crippen LogP contribution in [-0.2, 0) is 19.5 Å². The molecule has 0 unspecified atom stereocenters. The molecule has 0 fully saturated rings. The Morgan fingerprint density at radius 2 is 1.75 bits per heavy atom. The first-order valence-corrected chi connectivity index (χ1v) is 10.1. The first-order valence-electron chi connectivity index (χ1n) is 10.1. The van der Waals surface area contributed by atoms with Gasteiger partial charge in [0.25, 0.3) is 5.56 Å². The van der Waals surface area contributed by atoms with E-state index >= 15 is 0 Å². The summed E-state index contributed by atoms with van der Waals surface area (Å²) < 4.78 is 21.3. The van der Waals surface area contributed by atoms with Crippen molar-refractivity contribution < 1.29 is 8.91 Å². The second-order valence-electron chi connectivity index (χ2n) is 7.29. The lowest BCUT2D eigenvalue weighted by Crippen LogP contribution is -2.21. The molecule has 32 heavy (non-hydrogen) atoms. The van der Waals surface area contributed by atoms with Gasteiger partial charge in [-0.3, -0.25) is 9.36 Å². The third-order valence-electron chi connectivity index (χ3n) is 5.13. The molecular formula is C22H18FN7O2. The first-order chi connectivity index (χ1) is 15.6. The Balaban J connectivity index is 1.38. The predicted molar refractivity (Wildman–Crippen MR) is 113 cm³/mol. The Kier molecular flexibility index (Phi) is 5.02. The van der Waals surface area contributed by atoms with E-state index in [0.717, 1.165) is 17.5 Å². The van der Waals surface area contributed by atoms with E-state index in [4.69, 9.17) is 4.52 Å². The fraction of sp³-hybridized carbons (Fsp3) is 0.182. The highest BCUT2D eigenvalue weighted by Crippen LogP contribution is 2.17. The highest BCUT2D eigenvalue weighted by atomic mass is 19.1. The maximum absolute atomic E-state index is 13.1. The molecule has 0 saturated carbocycles. The van der Waals surface area contributed by atoms with Crippen LogP contribution in [0.4, 0.5) is 4.39 Å². The van der Waals surface area contributed by atoms with Crippen molar-refractivity contribution in [2.24, 2.45) is 0 Å². The van der Waals surface area contributed by atoms with Gasteiger partial charge in [-0.25, -0.2) is 14.1 Å². The second kappa shape index (κ2) is 8.14. The normalized spacial score (nSPS) is 11.3. The maximum Gasteiger partial charge on any atom is 0.283 e. The van der Waals surface area contributed by atoms with Gasteiger partial charge in [0.2, 0.25) is 11.7 Å². The van der Waals surface area contributed by atoms with Gasteiger partial charge >= 0.3 is 0 Å². The van der Waals surface area contributed by atoms with E-state index in [-0.39, 0.29) is 29.3 Å². The molecule has 10 heteroatoms. The Hall–Kier alpha value is -4.21. The van der Waals surface area contributed by atoms with Crippen LogP contribution >= 0.6 is 0 Å². The number of fused-ring (bicyclic) bond motifs is 1. The molecule has 0 radical (unpaired) electrons. The molecule has 160 valence electrons. The molecule has 0 aliphatic heterocycles. The average Bonchev–Trinajstić information content (AvgIpc) is 3.45. The van der Waals surface area contributed by atoms with Gasteiger partial charge in [-0.05, 0) is 29.7 Å². The minimum absolute atomic E-state index is 0.0621. The minimum Gasteiger partial charge on any atom is -0.337 e. The summed E-state index contributed by atoms with van der Waals surface area (Å²) in [4.78, 5) is 21.6. The molecule has 0 atom stereocenters. The lowest BCUT2D eigenvalue weighted by molar-refractivity contribution is 0.369. The number of halogens is 1. The van der Waals surface area contributed by atoms with Crippen molar-refractivity contribution in [2.75, 3.05) is 0 Å². The zero-order valence-corrected chi connectivity index (χ0v) is 17.1. The molecule has 2 aromatic carbocycles. The molecule has 5 aromatic rings. The monoisotopic (exact) mass is 431 g/mol. The average molecular weight is 431 g/mol. The molecule has 0 spiro atoms. The summed E-state index contributed by atoms with van der Waals surface area (Å²) in [6, 6.07) is 13.9. The molecule has 0 bridgehead atoms. The van der Waals surface area contributed by atoms with Crippen LogP contribution in [-0.4, -0.2) is 34.7 Å². The lowest BCUT2D eigenvalue weighted by atomic mass is 10.1. The molecule has 0 amide bonds. The summed E-state index contributed by atoms with van der Waals surface area (Å²) in [6.07, 6.45) is 2.35. The van der Waals surface area contributed by atoms with Gasteiger partial charge in [-0.15, -0.1) is 5.10 Å². The molecular weight excluding hydrogens is 413 g/mol. The van der Waals surface area contributed by atoms with Crippen LogP contribution in [0.15, 0.2) is 64.2 Å². The smallest absolute Gasteiger partial charge is 0.283 e. The van der Waals surface area contributed by atoms with Crippen molar-refractivity contribution in [3.63, 3.8) is 0 Å². The van der Waals surface area contributed by atoms with E-state index in [2.05, 4.69) is 32.4 Å². The molecule has 9 nitrogen and oxygen atoms in total. The topological polar surface area (TPSA) is 105 Å². The Morgan fingerprint density at radius 3 is 2.50 bits per heavy atom. The number of hydrogen-bond acceptors (Lipinski definition) is 7. The number of aryl methyl sites for hydroxylation is 1. The van der Waals surface area contributed by atoms with Crippen molar-refractivity contribution in [3.05, 3.63) is 88.0 Å². The van der Waals surface area contributed by atoms with Crippen LogP contribution < -0.4 is 5.56 Å². The fourth-order valence-corrected chi connectivity index (χ4v) is 3.34. The highest BCUT2D eigenvalue weighted by molar-refractivity contribution is 5.67. The van der Waals surface area contributed by atoms with E-state index in [1.54, 1.807) is 12.1 Å². The Labute approximate surface area is 181 Å². The lowest BCUT2D eigenvalue weighted by Gasteiger charge is -2.03. The molecule has 0 aliphatic carbocycles. The van der Waals surface area contributed by atoms with Crippen LogP contribution in [0.2, 0.25) is 0 Å². The molecule has 0 saturated heterocycles. The number of aromatic nitrogens is 7. The zero-order chi connectivity index (χ0) is 22.1. The van der Waals surface area contributed by atoms with Crippen molar-refractivity contribution in [2.45, 2.75) is 26.4 Å². The number of benzene rings is 2. The summed E-state index contributed by atoms with van der Waals surface area (Å²) in [5, 5.41) is 12.0. The van der Waals surface area contributed by atoms with Crippen LogP contribution in [0.5, 0.6) is 0 Å². The van der Waals surface area contributed by atoms with Crippen LogP contribution in [0, 0.1) is 5.82 Å². The van der Waals surface area contributed by atoms with Gasteiger partial charge in [0, 0.05) is 5.56 Å². The first kappa shape index (κ1) is 19.7. The minimum atomic E-state index is -0.368. The van der Waals surface area contributed by atoms with Crippen LogP contribution in [0.3, 0.4) is 0 Å². The quantitative estimate of drug-likeness (QED) is 0.407. The maximum atomic E-state index is 13.1. The van der Waals surface area contributed by atoms with Crippen LogP contribution in [0.25, 0.3) is 22.6 Å². The van der Waals surface area contributed by atoms with Crippen molar-refractivity contribution in [3.8, 4) is 11.4 Å². The second-order valence-corrected chi connectivity index (χ2v) is 7.29. The van der Waals surface area contributed by atoms with Gasteiger partial charge in [0.1, 0.15) is 18.7 Å². The summed E-state index contributed by atoms with van der Waals surface area (Å²) in [5.41, 5.74) is 2.97. The number of nitrogens with zero attached hydrogens (tertiary/aromatic N) is 7. The van der Waals surface area contributed by atoms with Crippen molar-refractivity contribution in [1.82, 2.24) is 34.7 Å². The molecule has 5 rings (SSSR count). The molecule has 0 N–H and O–H groups in total. The molecule has 3 heterocycles. The summed E-state index contributed by atoms with van der Waals surface area (Å²) in [5.74, 6) is 0.414. The third-order valence-corrected chi connectivity index (χ3v) is 5.13. The van der Waals surface area contributed by atoms with E-state index in [1.165, 1.54) is 33.3 Å². The highest BCUT2D eigenvalue weighted by Gasteiger charge is 2.15. The van der Waals surface area contributed by atoms with Gasteiger partial charge in [-0.2, -0.15) is 4.98 Å². The van der Waals surface area contributed by atoms with E-state index in [0.29, 0.717) is 18.0 Å². The summed E-state index contributed by atoms with van der Waals surface area (Å²) >= 11 is 0. The van der Waals surface area contributed by atoms with Crippen LogP contribution in [0.1, 0.15) is 23.9 Å². The predicted octanol–water partition coefficient (Wildman–Crippen LogP) is 2.84.